The van der Waals surface area contributed by atoms with Crippen molar-refractivity contribution in [3.05, 3.63) is 27.3 Å². The van der Waals surface area contributed by atoms with Gasteiger partial charge in [-0.05, 0) is 66.1 Å². The Morgan fingerprint density at radius 1 is 1.37 bits per heavy atom. The maximum absolute atomic E-state index is 5.97. The fourth-order valence-corrected chi connectivity index (χ4v) is 4.42. The molecular formula is C16H22INO. The summed E-state index contributed by atoms with van der Waals surface area (Å²) in [5, 5.41) is 3.78. The van der Waals surface area contributed by atoms with Gasteiger partial charge in [0, 0.05) is 33.2 Å². The number of rotatable bonds is 2. The number of aryl methyl sites for hydroxylation is 1. The van der Waals surface area contributed by atoms with Gasteiger partial charge in [-0.15, -0.1) is 0 Å². The first kappa shape index (κ1) is 13.7. The summed E-state index contributed by atoms with van der Waals surface area (Å²) in [6, 6.07) is 7.17. The van der Waals surface area contributed by atoms with Gasteiger partial charge in [0.1, 0.15) is 0 Å². The minimum absolute atomic E-state index is 0.237. The molecule has 3 rings (SSSR count). The molecule has 1 aliphatic carbocycles. The molecule has 1 heterocycles. The number of benzene rings is 1. The molecule has 104 valence electrons. The molecule has 0 radical (unpaired) electrons. The third-order valence-electron chi connectivity index (χ3n) is 4.83. The molecule has 3 unspecified atom stereocenters. The Morgan fingerprint density at radius 3 is 2.89 bits per heavy atom. The molecule has 1 aromatic carbocycles. The van der Waals surface area contributed by atoms with Crippen LogP contribution in [0.5, 0.6) is 0 Å². The molecule has 0 spiro atoms. The molecule has 1 aromatic rings. The number of ether oxygens (including phenoxy) is 1. The zero-order valence-electron chi connectivity index (χ0n) is 11.9. The van der Waals surface area contributed by atoms with E-state index >= 15 is 0 Å². The summed E-state index contributed by atoms with van der Waals surface area (Å²) in [5.74, 6) is 0.683. The summed E-state index contributed by atoms with van der Waals surface area (Å²) in [7, 11) is 0. The summed E-state index contributed by atoms with van der Waals surface area (Å²) < 4.78 is 7.27. The van der Waals surface area contributed by atoms with E-state index < -0.39 is 0 Å². The third-order valence-corrected chi connectivity index (χ3v) is 5.50. The second-order valence-electron chi connectivity index (χ2n) is 6.50. The average molecular weight is 371 g/mol. The van der Waals surface area contributed by atoms with Gasteiger partial charge in [-0.1, -0.05) is 13.8 Å². The van der Waals surface area contributed by atoms with Crippen molar-refractivity contribution in [1.29, 1.82) is 0 Å². The Morgan fingerprint density at radius 2 is 2.16 bits per heavy atom. The highest BCUT2D eigenvalue weighted by atomic mass is 127. The van der Waals surface area contributed by atoms with Crippen LogP contribution in [-0.4, -0.2) is 18.8 Å². The first-order chi connectivity index (χ1) is 9.00. The smallest absolute Gasteiger partial charge is 0.0693 e. The summed E-state index contributed by atoms with van der Waals surface area (Å²) >= 11 is 2.37. The molecular weight excluding hydrogens is 349 g/mol. The maximum atomic E-state index is 5.97. The second kappa shape index (κ2) is 4.92. The van der Waals surface area contributed by atoms with Gasteiger partial charge in [0.05, 0.1) is 6.10 Å². The molecule has 0 bridgehead atoms. The average Bonchev–Trinajstić information content (AvgIpc) is 2.37. The number of hydrogen-bond donors (Lipinski definition) is 1. The van der Waals surface area contributed by atoms with Gasteiger partial charge in [-0.3, -0.25) is 0 Å². The van der Waals surface area contributed by atoms with Crippen molar-refractivity contribution in [1.82, 2.24) is 0 Å². The fourth-order valence-electron chi connectivity index (χ4n) is 3.77. The summed E-state index contributed by atoms with van der Waals surface area (Å²) in [5.41, 5.74) is 2.85. The lowest BCUT2D eigenvalue weighted by Gasteiger charge is -2.60. The summed E-state index contributed by atoms with van der Waals surface area (Å²) in [6.45, 7) is 7.79. The predicted molar refractivity (Wildman–Crippen MR) is 87.6 cm³/mol. The Labute approximate surface area is 129 Å². The van der Waals surface area contributed by atoms with Gasteiger partial charge >= 0.3 is 0 Å². The van der Waals surface area contributed by atoms with Crippen LogP contribution in [0.3, 0.4) is 0 Å². The van der Waals surface area contributed by atoms with Gasteiger partial charge in [0.15, 0.2) is 0 Å². The lowest BCUT2D eigenvalue weighted by atomic mass is 9.55. The van der Waals surface area contributed by atoms with E-state index in [1.165, 1.54) is 27.7 Å². The topological polar surface area (TPSA) is 21.3 Å². The van der Waals surface area contributed by atoms with Crippen molar-refractivity contribution in [2.24, 2.45) is 11.3 Å². The Kier molecular flexibility index (Phi) is 3.54. The van der Waals surface area contributed by atoms with Crippen LogP contribution in [0.2, 0.25) is 0 Å². The van der Waals surface area contributed by atoms with Crippen LogP contribution in [-0.2, 0) is 4.74 Å². The lowest BCUT2D eigenvalue weighted by Crippen LogP contribution is -2.67. The lowest BCUT2D eigenvalue weighted by molar-refractivity contribution is -0.177. The molecule has 1 saturated carbocycles. The van der Waals surface area contributed by atoms with E-state index in [0.29, 0.717) is 18.1 Å². The Hall–Kier alpha value is -0.290. The number of nitrogens with one attached hydrogen (secondary N) is 1. The van der Waals surface area contributed by atoms with Gasteiger partial charge < -0.3 is 10.1 Å². The molecule has 2 fully saturated rings. The highest BCUT2D eigenvalue weighted by molar-refractivity contribution is 14.1. The van der Waals surface area contributed by atoms with Crippen molar-refractivity contribution >= 4 is 28.3 Å². The van der Waals surface area contributed by atoms with E-state index in [4.69, 9.17) is 4.74 Å². The van der Waals surface area contributed by atoms with Gasteiger partial charge in [0.2, 0.25) is 0 Å². The minimum atomic E-state index is 0.237. The van der Waals surface area contributed by atoms with Crippen LogP contribution in [0.4, 0.5) is 5.69 Å². The van der Waals surface area contributed by atoms with Crippen LogP contribution in [0.15, 0.2) is 18.2 Å². The zero-order valence-corrected chi connectivity index (χ0v) is 14.0. The molecule has 1 N–H and O–H groups in total. The van der Waals surface area contributed by atoms with E-state index in [0.717, 1.165) is 6.61 Å². The van der Waals surface area contributed by atoms with E-state index in [9.17, 15) is 0 Å². The predicted octanol–water partition coefficient (Wildman–Crippen LogP) is 4.22. The molecule has 1 aliphatic heterocycles. The fraction of sp³-hybridized carbons (Fsp3) is 0.625. The van der Waals surface area contributed by atoms with Crippen molar-refractivity contribution in [3.8, 4) is 0 Å². The van der Waals surface area contributed by atoms with Crippen LogP contribution >= 0.6 is 22.6 Å². The van der Waals surface area contributed by atoms with Crippen LogP contribution < -0.4 is 5.32 Å². The second-order valence-corrected chi connectivity index (χ2v) is 7.75. The standard InChI is InChI=1S/C16H22INO/c1-10-9-11(17)6-7-13(10)18-14-12-5-4-8-19-15(12)16(14,2)3/h6-7,9,12,14-15,18H,4-5,8H2,1-3H3. The van der Waals surface area contributed by atoms with Crippen molar-refractivity contribution < 1.29 is 4.74 Å². The molecule has 2 aliphatic rings. The number of hydrogen-bond acceptors (Lipinski definition) is 2. The van der Waals surface area contributed by atoms with Crippen LogP contribution in [0.1, 0.15) is 32.3 Å². The SMILES string of the molecule is Cc1cc(I)ccc1NC1C2CCCOC2C1(C)C. The molecule has 19 heavy (non-hydrogen) atoms. The van der Waals surface area contributed by atoms with E-state index in [1.54, 1.807) is 0 Å². The highest BCUT2D eigenvalue weighted by Gasteiger charge is 2.57. The monoisotopic (exact) mass is 371 g/mol. The van der Waals surface area contributed by atoms with Crippen LogP contribution in [0.25, 0.3) is 0 Å². The number of anilines is 1. The molecule has 3 atom stereocenters. The first-order valence-corrected chi connectivity index (χ1v) is 8.22. The highest BCUT2D eigenvalue weighted by Crippen LogP contribution is 2.52. The van der Waals surface area contributed by atoms with Crippen molar-refractivity contribution in [3.63, 3.8) is 0 Å². The van der Waals surface area contributed by atoms with Gasteiger partial charge in [-0.2, -0.15) is 0 Å². The van der Waals surface area contributed by atoms with Crippen molar-refractivity contribution in [2.75, 3.05) is 11.9 Å². The minimum Gasteiger partial charge on any atom is -0.381 e. The Bertz CT molecular complexity index is 486. The normalized spacial score (nSPS) is 32.3. The molecule has 2 nitrogen and oxygen atoms in total. The van der Waals surface area contributed by atoms with Gasteiger partial charge in [-0.25, -0.2) is 0 Å². The molecule has 0 aromatic heterocycles. The summed E-state index contributed by atoms with van der Waals surface area (Å²) in [4.78, 5) is 0. The Balaban J connectivity index is 1.79. The van der Waals surface area contributed by atoms with Crippen LogP contribution in [0, 0.1) is 21.8 Å². The maximum Gasteiger partial charge on any atom is 0.0693 e. The van der Waals surface area contributed by atoms with Crippen molar-refractivity contribution in [2.45, 2.75) is 45.8 Å². The zero-order chi connectivity index (χ0) is 13.6. The number of fused-ring (bicyclic) bond motifs is 1. The largest absolute Gasteiger partial charge is 0.381 e. The number of halogens is 1. The van der Waals surface area contributed by atoms with E-state index in [2.05, 4.69) is 66.9 Å². The molecule has 0 amide bonds. The summed E-state index contributed by atoms with van der Waals surface area (Å²) in [6.07, 6.45) is 2.96. The van der Waals surface area contributed by atoms with E-state index in [1.807, 2.05) is 0 Å². The molecule has 3 heteroatoms. The van der Waals surface area contributed by atoms with E-state index in [-0.39, 0.29) is 5.41 Å². The third kappa shape index (κ3) is 2.29. The van der Waals surface area contributed by atoms with Gasteiger partial charge in [0.25, 0.3) is 0 Å². The first-order valence-electron chi connectivity index (χ1n) is 7.14. The quantitative estimate of drug-likeness (QED) is 0.787. The molecule has 1 saturated heterocycles.